The number of benzene rings is 1. The third-order valence-electron chi connectivity index (χ3n) is 3.60. The lowest BCUT2D eigenvalue weighted by molar-refractivity contribution is -0.149. The first-order chi connectivity index (χ1) is 13.8. The summed E-state index contributed by atoms with van der Waals surface area (Å²) in [6.07, 6.45) is 0.605. The lowest BCUT2D eigenvalue weighted by Gasteiger charge is -2.09. The van der Waals surface area contributed by atoms with Crippen LogP contribution in [0.5, 0.6) is 5.75 Å². The number of amides is 2. The molecule has 8 nitrogen and oxygen atoms in total. The van der Waals surface area contributed by atoms with Crippen LogP contribution in [-0.2, 0) is 25.5 Å². The normalized spacial score (nSPS) is 10.3. The summed E-state index contributed by atoms with van der Waals surface area (Å²) in [6.45, 7) is 3.56. The maximum atomic E-state index is 11.7. The van der Waals surface area contributed by atoms with Crippen molar-refractivity contribution < 1.29 is 23.9 Å². The molecule has 2 N–H and O–H groups in total. The number of aromatic nitrogens is 1. The van der Waals surface area contributed by atoms with E-state index in [-0.39, 0.29) is 12.8 Å². The highest BCUT2D eigenvalue weighted by atomic mass is 35.5. The topological polar surface area (TPSA) is 107 Å². The van der Waals surface area contributed by atoms with Gasteiger partial charge in [-0.2, -0.15) is 0 Å². The summed E-state index contributed by atoms with van der Waals surface area (Å²) < 4.78 is 10.4. The van der Waals surface area contributed by atoms with Crippen LogP contribution in [0.2, 0.25) is 5.02 Å². The standard InChI is InChI=1S/C19H22ClN3O5S/c1-12-8-14(20)5-6-15(12)27-7-3-4-19(26)28-10-17(25)23-22-16(24)9-18-21-13(2)11-29-18/h5-6,8,11H,3-4,7,9-10H2,1-2H3,(H,22,24)(H,23,25). The van der Waals surface area contributed by atoms with Crippen molar-refractivity contribution in [1.29, 1.82) is 0 Å². The Kier molecular flexibility index (Phi) is 8.88. The van der Waals surface area contributed by atoms with Crippen molar-refractivity contribution in [3.05, 3.63) is 44.9 Å². The zero-order valence-corrected chi connectivity index (χ0v) is 17.7. The average Bonchev–Trinajstić information content (AvgIpc) is 3.07. The number of nitrogens with one attached hydrogen (secondary N) is 2. The van der Waals surface area contributed by atoms with Crippen molar-refractivity contribution in [2.24, 2.45) is 0 Å². The molecule has 1 aromatic carbocycles. The van der Waals surface area contributed by atoms with Gasteiger partial charge in [0.25, 0.3) is 5.91 Å². The molecular formula is C19H22ClN3O5S. The van der Waals surface area contributed by atoms with Gasteiger partial charge in [-0.1, -0.05) is 11.6 Å². The van der Waals surface area contributed by atoms with E-state index >= 15 is 0 Å². The fourth-order valence-electron chi connectivity index (χ4n) is 2.23. The zero-order valence-electron chi connectivity index (χ0n) is 16.1. The summed E-state index contributed by atoms with van der Waals surface area (Å²) in [7, 11) is 0. The lowest BCUT2D eigenvalue weighted by Crippen LogP contribution is -2.44. The first kappa shape index (κ1) is 22.6. The number of nitrogens with zero attached hydrogens (tertiary/aromatic N) is 1. The van der Waals surface area contributed by atoms with E-state index in [9.17, 15) is 14.4 Å². The fourth-order valence-corrected chi connectivity index (χ4v) is 3.23. The minimum atomic E-state index is -0.630. The summed E-state index contributed by atoms with van der Waals surface area (Å²) >= 11 is 7.25. The van der Waals surface area contributed by atoms with Crippen molar-refractivity contribution in [2.75, 3.05) is 13.2 Å². The molecule has 0 radical (unpaired) electrons. The molecular weight excluding hydrogens is 418 g/mol. The summed E-state index contributed by atoms with van der Waals surface area (Å²) in [6, 6.07) is 5.29. The summed E-state index contributed by atoms with van der Waals surface area (Å²) in [5.74, 6) is -0.865. The smallest absolute Gasteiger partial charge is 0.306 e. The van der Waals surface area contributed by atoms with Crippen molar-refractivity contribution in [3.8, 4) is 5.75 Å². The van der Waals surface area contributed by atoms with Gasteiger partial charge in [0.05, 0.1) is 13.0 Å². The van der Waals surface area contributed by atoms with Crippen LogP contribution >= 0.6 is 22.9 Å². The number of esters is 1. The van der Waals surface area contributed by atoms with E-state index in [0.717, 1.165) is 11.3 Å². The molecule has 2 amide bonds. The SMILES string of the molecule is Cc1csc(CC(=O)NNC(=O)COC(=O)CCCOc2ccc(Cl)cc2C)n1. The first-order valence-corrected chi connectivity index (χ1v) is 10.1. The third-order valence-corrected chi connectivity index (χ3v) is 4.81. The van der Waals surface area contributed by atoms with E-state index < -0.39 is 24.4 Å². The van der Waals surface area contributed by atoms with Gasteiger partial charge in [0, 0.05) is 22.5 Å². The minimum absolute atomic E-state index is 0.0612. The summed E-state index contributed by atoms with van der Waals surface area (Å²) in [5, 5.41) is 3.12. The number of carbonyl (C=O) groups excluding carboxylic acids is 3. The molecule has 1 heterocycles. The Hall–Kier alpha value is -2.65. The van der Waals surface area contributed by atoms with E-state index in [0.29, 0.717) is 28.8 Å². The Labute approximate surface area is 177 Å². The number of aryl methyl sites for hydroxylation is 2. The maximum Gasteiger partial charge on any atom is 0.306 e. The van der Waals surface area contributed by atoms with Crippen LogP contribution in [-0.4, -0.2) is 36.0 Å². The highest BCUT2D eigenvalue weighted by molar-refractivity contribution is 7.09. The molecule has 0 saturated heterocycles. The summed E-state index contributed by atoms with van der Waals surface area (Å²) in [4.78, 5) is 39.2. The molecule has 2 rings (SSSR count). The molecule has 0 spiro atoms. The third kappa shape index (κ3) is 8.49. The van der Waals surface area contributed by atoms with Crippen molar-refractivity contribution in [3.63, 3.8) is 0 Å². The number of hydrogen-bond donors (Lipinski definition) is 2. The molecule has 0 atom stereocenters. The predicted molar refractivity (Wildman–Crippen MR) is 109 cm³/mol. The molecule has 2 aromatic rings. The van der Waals surface area contributed by atoms with Gasteiger partial charge in [-0.3, -0.25) is 25.2 Å². The predicted octanol–water partition coefficient (Wildman–Crippen LogP) is 2.51. The van der Waals surface area contributed by atoms with Crippen LogP contribution in [0.1, 0.15) is 29.1 Å². The quantitative estimate of drug-likeness (QED) is 0.353. The van der Waals surface area contributed by atoms with E-state index in [1.165, 1.54) is 11.3 Å². The molecule has 0 aliphatic rings. The van der Waals surface area contributed by atoms with Crippen LogP contribution < -0.4 is 15.6 Å². The van der Waals surface area contributed by atoms with Gasteiger partial charge in [-0.15, -0.1) is 11.3 Å². The molecule has 29 heavy (non-hydrogen) atoms. The van der Waals surface area contributed by atoms with Gasteiger partial charge in [0.2, 0.25) is 5.91 Å². The molecule has 10 heteroatoms. The average molecular weight is 440 g/mol. The minimum Gasteiger partial charge on any atom is -0.493 e. The highest BCUT2D eigenvalue weighted by Crippen LogP contribution is 2.21. The Balaban J connectivity index is 1.56. The van der Waals surface area contributed by atoms with Crippen molar-refractivity contribution in [2.45, 2.75) is 33.1 Å². The van der Waals surface area contributed by atoms with Gasteiger partial charge in [0.1, 0.15) is 10.8 Å². The Bertz CT molecular complexity index is 871. The second kappa shape index (κ2) is 11.4. The van der Waals surface area contributed by atoms with Gasteiger partial charge in [-0.25, -0.2) is 4.98 Å². The van der Waals surface area contributed by atoms with Crippen LogP contribution in [0, 0.1) is 13.8 Å². The molecule has 0 saturated carbocycles. The number of ether oxygens (including phenoxy) is 2. The zero-order chi connectivity index (χ0) is 21.2. The van der Waals surface area contributed by atoms with Gasteiger partial charge < -0.3 is 9.47 Å². The van der Waals surface area contributed by atoms with Crippen molar-refractivity contribution >= 4 is 40.7 Å². The lowest BCUT2D eigenvalue weighted by atomic mass is 10.2. The number of hydrazine groups is 1. The number of thiazole rings is 1. The van der Waals surface area contributed by atoms with Crippen LogP contribution in [0.4, 0.5) is 0 Å². The molecule has 0 aliphatic heterocycles. The molecule has 1 aromatic heterocycles. The monoisotopic (exact) mass is 439 g/mol. The van der Waals surface area contributed by atoms with Crippen LogP contribution in [0.15, 0.2) is 23.6 Å². The van der Waals surface area contributed by atoms with Crippen LogP contribution in [0.25, 0.3) is 0 Å². The Morgan fingerprint density at radius 3 is 2.62 bits per heavy atom. The van der Waals surface area contributed by atoms with Gasteiger partial charge in [0.15, 0.2) is 6.61 Å². The van der Waals surface area contributed by atoms with E-state index in [1.807, 2.05) is 19.2 Å². The molecule has 0 aliphatic carbocycles. The second-order valence-electron chi connectivity index (χ2n) is 6.18. The Morgan fingerprint density at radius 1 is 1.17 bits per heavy atom. The molecule has 0 fully saturated rings. The number of hydrogen-bond acceptors (Lipinski definition) is 7. The van der Waals surface area contributed by atoms with Gasteiger partial charge >= 0.3 is 5.97 Å². The Morgan fingerprint density at radius 2 is 1.93 bits per heavy atom. The first-order valence-electron chi connectivity index (χ1n) is 8.86. The molecule has 0 unspecified atom stereocenters. The summed E-state index contributed by atoms with van der Waals surface area (Å²) in [5.41, 5.74) is 6.18. The highest BCUT2D eigenvalue weighted by Gasteiger charge is 2.11. The number of carbonyl (C=O) groups is 3. The van der Waals surface area contributed by atoms with Gasteiger partial charge in [-0.05, 0) is 44.0 Å². The van der Waals surface area contributed by atoms with Crippen molar-refractivity contribution in [1.82, 2.24) is 15.8 Å². The molecule has 156 valence electrons. The maximum absolute atomic E-state index is 11.7. The molecule has 0 bridgehead atoms. The number of rotatable bonds is 9. The van der Waals surface area contributed by atoms with E-state index in [2.05, 4.69) is 15.8 Å². The number of halogens is 1. The van der Waals surface area contributed by atoms with E-state index in [1.54, 1.807) is 18.2 Å². The largest absolute Gasteiger partial charge is 0.493 e. The second-order valence-corrected chi connectivity index (χ2v) is 7.56. The van der Waals surface area contributed by atoms with Crippen LogP contribution in [0.3, 0.4) is 0 Å². The van der Waals surface area contributed by atoms with E-state index in [4.69, 9.17) is 21.1 Å². The fraction of sp³-hybridized carbons (Fsp3) is 0.368.